The molecule has 120 valence electrons. The summed E-state index contributed by atoms with van der Waals surface area (Å²) in [4.78, 5) is 38.3. The lowest BCUT2D eigenvalue weighted by atomic mass is 9.81. The minimum absolute atomic E-state index is 0.0437. The van der Waals surface area contributed by atoms with Gasteiger partial charge in [-0.2, -0.15) is 0 Å². The highest BCUT2D eigenvalue weighted by molar-refractivity contribution is 6.09. The van der Waals surface area contributed by atoms with E-state index in [0.717, 1.165) is 24.2 Å². The Balaban J connectivity index is 1.46. The van der Waals surface area contributed by atoms with E-state index in [2.05, 4.69) is 5.32 Å². The molecule has 4 atom stereocenters. The molecule has 0 unspecified atom stereocenters. The Morgan fingerprint density at radius 2 is 1.83 bits per heavy atom. The standard InChI is InChI=1S/C17H18N2O4/c20-12-3-1-2-11(7-12)18-13(21)8-19-16(22)14-9-4-5-10(6-9)15(14)17(19)23/h1-3,7,9-10,14-15,20H,4-6,8H2,(H,18,21)/t9-,10-,14+,15+/m0/s1. The van der Waals surface area contributed by atoms with E-state index in [1.807, 2.05) is 0 Å². The lowest BCUT2D eigenvalue weighted by Crippen LogP contribution is -2.39. The van der Waals surface area contributed by atoms with Gasteiger partial charge in [-0.05, 0) is 43.2 Å². The van der Waals surface area contributed by atoms with Gasteiger partial charge in [0.25, 0.3) is 0 Å². The van der Waals surface area contributed by atoms with Gasteiger partial charge in [-0.1, -0.05) is 6.07 Å². The van der Waals surface area contributed by atoms with E-state index in [-0.39, 0.29) is 35.9 Å². The number of nitrogens with zero attached hydrogens (tertiary/aromatic N) is 1. The number of likely N-dealkylation sites (tertiary alicyclic amines) is 1. The number of imide groups is 1. The zero-order valence-corrected chi connectivity index (χ0v) is 12.6. The normalized spacial score (nSPS) is 31.6. The molecular weight excluding hydrogens is 296 g/mol. The number of fused-ring (bicyclic) bond motifs is 5. The Morgan fingerprint density at radius 1 is 1.17 bits per heavy atom. The van der Waals surface area contributed by atoms with Crippen LogP contribution in [0.2, 0.25) is 0 Å². The van der Waals surface area contributed by atoms with Gasteiger partial charge < -0.3 is 10.4 Å². The number of aromatic hydroxyl groups is 1. The summed E-state index contributed by atoms with van der Waals surface area (Å²) < 4.78 is 0. The van der Waals surface area contributed by atoms with Crippen LogP contribution in [-0.2, 0) is 14.4 Å². The third kappa shape index (κ3) is 2.20. The van der Waals surface area contributed by atoms with Crippen LogP contribution in [0.5, 0.6) is 5.75 Å². The first-order chi connectivity index (χ1) is 11.0. The Morgan fingerprint density at radius 3 is 2.43 bits per heavy atom. The minimum atomic E-state index is -0.426. The number of anilines is 1. The molecule has 3 fully saturated rings. The van der Waals surface area contributed by atoms with Crippen LogP contribution in [0.3, 0.4) is 0 Å². The number of carbonyl (C=O) groups is 3. The molecule has 4 rings (SSSR count). The largest absolute Gasteiger partial charge is 0.508 e. The fraction of sp³-hybridized carbons (Fsp3) is 0.471. The van der Waals surface area contributed by atoms with Gasteiger partial charge in [0, 0.05) is 11.8 Å². The fourth-order valence-corrected chi connectivity index (χ4v) is 4.55. The van der Waals surface area contributed by atoms with Gasteiger partial charge in [-0.15, -0.1) is 0 Å². The molecule has 0 spiro atoms. The summed E-state index contributed by atoms with van der Waals surface area (Å²) in [5, 5.41) is 12.0. The molecule has 0 radical (unpaired) electrons. The maximum absolute atomic E-state index is 12.5. The van der Waals surface area contributed by atoms with Gasteiger partial charge in [0.1, 0.15) is 12.3 Å². The molecule has 6 nitrogen and oxygen atoms in total. The molecule has 2 bridgehead atoms. The molecule has 1 aromatic rings. The van der Waals surface area contributed by atoms with Crippen LogP contribution in [0.4, 0.5) is 5.69 Å². The van der Waals surface area contributed by atoms with Crippen LogP contribution in [0, 0.1) is 23.7 Å². The van der Waals surface area contributed by atoms with Crippen molar-refractivity contribution in [3.63, 3.8) is 0 Å². The highest BCUT2D eigenvalue weighted by atomic mass is 16.3. The van der Waals surface area contributed by atoms with Crippen molar-refractivity contribution in [2.24, 2.45) is 23.7 Å². The van der Waals surface area contributed by atoms with Crippen LogP contribution in [-0.4, -0.2) is 34.3 Å². The summed E-state index contributed by atoms with van der Waals surface area (Å²) in [6.07, 6.45) is 3.03. The fourth-order valence-electron chi connectivity index (χ4n) is 4.55. The first-order valence-electron chi connectivity index (χ1n) is 7.98. The quantitative estimate of drug-likeness (QED) is 0.825. The number of benzene rings is 1. The van der Waals surface area contributed by atoms with Gasteiger partial charge >= 0.3 is 0 Å². The van der Waals surface area contributed by atoms with Crippen LogP contribution < -0.4 is 5.32 Å². The Bertz CT molecular complexity index is 674. The number of amides is 3. The van der Waals surface area contributed by atoms with Gasteiger partial charge in [0.05, 0.1) is 11.8 Å². The van der Waals surface area contributed by atoms with Crippen LogP contribution in [0.15, 0.2) is 24.3 Å². The summed E-state index contributed by atoms with van der Waals surface area (Å²) in [7, 11) is 0. The van der Waals surface area contributed by atoms with Crippen molar-refractivity contribution in [1.29, 1.82) is 0 Å². The van der Waals surface area contributed by atoms with Crippen molar-refractivity contribution < 1.29 is 19.5 Å². The lowest BCUT2D eigenvalue weighted by molar-refractivity contribution is -0.143. The molecule has 2 aliphatic carbocycles. The van der Waals surface area contributed by atoms with E-state index in [0.29, 0.717) is 17.5 Å². The average molecular weight is 314 g/mol. The number of rotatable bonds is 3. The van der Waals surface area contributed by atoms with E-state index in [1.54, 1.807) is 12.1 Å². The van der Waals surface area contributed by atoms with E-state index in [4.69, 9.17) is 0 Å². The molecule has 6 heteroatoms. The third-order valence-electron chi connectivity index (χ3n) is 5.45. The van der Waals surface area contributed by atoms with Gasteiger partial charge in [0.2, 0.25) is 17.7 Å². The monoisotopic (exact) mass is 314 g/mol. The Kier molecular flexibility index (Phi) is 3.14. The Hall–Kier alpha value is -2.37. The van der Waals surface area contributed by atoms with Crippen molar-refractivity contribution in [3.8, 4) is 5.75 Å². The van der Waals surface area contributed by atoms with Gasteiger partial charge in [-0.25, -0.2) is 0 Å². The summed E-state index contributed by atoms with van der Waals surface area (Å²) in [5.74, 6) is -0.505. The molecule has 3 aliphatic rings. The first-order valence-corrected chi connectivity index (χ1v) is 7.98. The number of nitrogens with one attached hydrogen (secondary N) is 1. The summed E-state index contributed by atoms with van der Waals surface area (Å²) in [6, 6.07) is 6.17. The van der Waals surface area contributed by atoms with Crippen molar-refractivity contribution in [2.75, 3.05) is 11.9 Å². The maximum Gasteiger partial charge on any atom is 0.244 e. The van der Waals surface area contributed by atoms with Crippen molar-refractivity contribution in [1.82, 2.24) is 4.90 Å². The number of phenols is 1. The second kappa shape index (κ2) is 5.08. The molecule has 1 heterocycles. The highest BCUT2D eigenvalue weighted by Crippen LogP contribution is 2.56. The second-order valence-corrected chi connectivity index (χ2v) is 6.75. The van der Waals surface area contributed by atoms with E-state index < -0.39 is 5.91 Å². The van der Waals surface area contributed by atoms with E-state index in [9.17, 15) is 19.5 Å². The minimum Gasteiger partial charge on any atom is -0.508 e. The second-order valence-electron chi connectivity index (χ2n) is 6.75. The summed E-state index contributed by atoms with van der Waals surface area (Å²) >= 11 is 0. The third-order valence-corrected chi connectivity index (χ3v) is 5.45. The van der Waals surface area contributed by atoms with Crippen LogP contribution in [0.1, 0.15) is 19.3 Å². The van der Waals surface area contributed by atoms with Crippen LogP contribution >= 0.6 is 0 Å². The predicted octanol–water partition coefficient (Wildman–Crippen LogP) is 1.36. The SMILES string of the molecule is O=C(CN1C(=O)[C@@H]2[C@H]3CC[C@@H](C3)[C@H]2C1=O)Nc1cccc(O)c1. The molecule has 3 amide bonds. The van der Waals surface area contributed by atoms with Crippen LogP contribution in [0.25, 0.3) is 0 Å². The number of hydrogen-bond acceptors (Lipinski definition) is 4. The molecule has 1 aromatic carbocycles. The van der Waals surface area contributed by atoms with Crippen molar-refractivity contribution in [2.45, 2.75) is 19.3 Å². The predicted molar refractivity (Wildman–Crippen MR) is 81.3 cm³/mol. The molecule has 2 saturated carbocycles. The molecule has 1 saturated heterocycles. The highest BCUT2D eigenvalue weighted by Gasteiger charge is 2.60. The maximum atomic E-state index is 12.5. The number of carbonyl (C=O) groups excluding carboxylic acids is 3. The molecule has 0 aromatic heterocycles. The number of hydrogen-bond donors (Lipinski definition) is 2. The summed E-state index contributed by atoms with van der Waals surface area (Å²) in [5.41, 5.74) is 0.439. The molecule has 1 aliphatic heterocycles. The first kappa shape index (κ1) is 14.2. The van der Waals surface area contributed by atoms with Gasteiger partial charge in [0.15, 0.2) is 0 Å². The average Bonchev–Trinajstić information content (AvgIpc) is 3.17. The zero-order valence-electron chi connectivity index (χ0n) is 12.6. The molecule has 23 heavy (non-hydrogen) atoms. The van der Waals surface area contributed by atoms with E-state index in [1.165, 1.54) is 12.1 Å². The van der Waals surface area contributed by atoms with Crippen molar-refractivity contribution in [3.05, 3.63) is 24.3 Å². The molecule has 2 N–H and O–H groups in total. The smallest absolute Gasteiger partial charge is 0.244 e. The lowest BCUT2D eigenvalue weighted by Gasteiger charge is -2.19. The molecular formula is C17H18N2O4. The topological polar surface area (TPSA) is 86.7 Å². The summed E-state index contributed by atoms with van der Waals surface area (Å²) in [6.45, 7) is -0.250. The Labute approximate surface area is 133 Å². The van der Waals surface area contributed by atoms with Gasteiger partial charge in [-0.3, -0.25) is 19.3 Å². The zero-order chi connectivity index (χ0) is 16.1. The van der Waals surface area contributed by atoms with Crippen molar-refractivity contribution >= 4 is 23.4 Å². The number of phenolic OH excluding ortho intramolecular Hbond substituents is 1. The van der Waals surface area contributed by atoms with E-state index >= 15 is 0 Å².